The minimum atomic E-state index is -1.75. The molecule has 27 nitrogen and oxygen atoms in total. The molecule has 8 amide bonds. The first-order valence-electron chi connectivity index (χ1n) is 27.8. The van der Waals surface area contributed by atoms with Crippen LogP contribution in [0.15, 0.2) is 64.5 Å². The number of nitrogens with zero attached hydrogens (tertiary/aromatic N) is 2. The predicted octanol–water partition coefficient (Wildman–Crippen LogP) is -2.12. The Morgan fingerprint density at radius 3 is 1.99 bits per heavy atom. The van der Waals surface area contributed by atoms with Gasteiger partial charge in [0.05, 0.1) is 6.10 Å². The van der Waals surface area contributed by atoms with Gasteiger partial charge in [-0.3, -0.25) is 29.0 Å². The van der Waals surface area contributed by atoms with Gasteiger partial charge >= 0.3 is 200 Å². The van der Waals surface area contributed by atoms with Gasteiger partial charge in [-0.2, -0.15) is 0 Å². The van der Waals surface area contributed by atoms with Crippen LogP contribution in [0.4, 0.5) is 0 Å². The molecular weight excluding hydrogens is 1190 g/mol. The van der Waals surface area contributed by atoms with E-state index in [0.717, 1.165) is 25.8 Å². The zero-order chi connectivity index (χ0) is 61.5. The van der Waals surface area contributed by atoms with E-state index in [9.17, 15) is 58.2 Å². The number of hydrogen-bond acceptors (Lipinski definition) is 16. The Bertz CT molecular complexity index is 3000. The number of carboxylic acid groups (broad SMARTS) is 1. The van der Waals surface area contributed by atoms with Crippen molar-refractivity contribution in [3.8, 4) is 0 Å². The summed E-state index contributed by atoms with van der Waals surface area (Å²) in [5, 5.41) is 43.6. The molecule has 0 spiro atoms. The Morgan fingerprint density at radius 2 is 1.33 bits per heavy atom. The number of aliphatic hydroxyl groups excluding tert-OH is 1. The summed E-state index contributed by atoms with van der Waals surface area (Å²) in [7, 11) is 1.97. The number of benzene rings is 2. The maximum absolute atomic E-state index is 14.7. The van der Waals surface area contributed by atoms with Crippen molar-refractivity contribution in [2.75, 3.05) is 31.1 Å². The number of guanidine groups is 1. The minimum Gasteiger partial charge on any atom is -0.480 e. The summed E-state index contributed by atoms with van der Waals surface area (Å²) < 4.78 is 2.59. The van der Waals surface area contributed by atoms with E-state index in [0.29, 0.717) is 28.3 Å². The number of nitrogens with one attached hydrogen (secondary N) is 9. The summed E-state index contributed by atoms with van der Waals surface area (Å²) >= 11 is -0.299. The van der Waals surface area contributed by atoms with E-state index in [1.807, 2.05) is 12.1 Å². The number of aryl methyl sites for hydroxylation is 1. The normalized spacial score (nSPS) is 21.7. The van der Waals surface area contributed by atoms with Crippen LogP contribution in [0, 0.1) is 5.92 Å². The van der Waals surface area contributed by atoms with Crippen LogP contribution >= 0.6 is 21.6 Å². The van der Waals surface area contributed by atoms with Crippen molar-refractivity contribution in [3.63, 3.8) is 0 Å². The molecule has 1 fully saturated rings. The van der Waals surface area contributed by atoms with Crippen LogP contribution in [0.5, 0.6) is 0 Å². The Labute approximate surface area is 499 Å². The van der Waals surface area contributed by atoms with Gasteiger partial charge in [-0.15, -0.1) is 0 Å². The van der Waals surface area contributed by atoms with Crippen molar-refractivity contribution < 1.29 is 53.4 Å². The number of hydrogen-bond donors (Lipinski definition) is 15. The van der Waals surface area contributed by atoms with Gasteiger partial charge < -0.3 is 64.7 Å². The Kier molecular flexibility index (Phi) is 27.6. The molecule has 0 bridgehead atoms. The summed E-state index contributed by atoms with van der Waals surface area (Å²) in [5.74, 6) is -9.13. The smallest absolute Gasteiger partial charge is 0.480 e. The average Bonchev–Trinajstić information content (AvgIpc) is 4.10. The third kappa shape index (κ3) is 21.0. The molecule has 1 aliphatic rings. The monoisotopic (exact) mass is 1270 g/mol. The molecule has 0 saturated carbocycles. The molecule has 1 saturated heterocycles. The van der Waals surface area contributed by atoms with Gasteiger partial charge in [0, 0.05) is 30.1 Å². The fourth-order valence-corrected chi connectivity index (χ4v) is 13.6. The quantitative estimate of drug-likeness (QED) is 0.0124. The number of para-hydroxylation sites is 1. The van der Waals surface area contributed by atoms with Crippen LogP contribution in [-0.2, 0) is 56.1 Å². The molecule has 2 aromatic heterocycles. The van der Waals surface area contributed by atoms with E-state index in [2.05, 4.69) is 52.5 Å². The first-order valence-corrected chi connectivity index (χ1v) is 31.9. The Morgan fingerprint density at radius 1 is 0.726 bits per heavy atom. The van der Waals surface area contributed by atoms with Gasteiger partial charge in [-0.25, -0.2) is 4.79 Å². The van der Waals surface area contributed by atoms with Crippen molar-refractivity contribution in [3.05, 3.63) is 70.6 Å². The van der Waals surface area contributed by atoms with E-state index in [-0.39, 0.29) is 128 Å². The van der Waals surface area contributed by atoms with Crippen LogP contribution in [0.1, 0.15) is 84.1 Å². The number of carbonyl (C=O) groups excluding carboxylic acids is 8. The summed E-state index contributed by atoms with van der Waals surface area (Å²) in [6, 6.07) is 2.66. The number of aliphatic carboxylic acids is 1. The Hall–Kier alpha value is -6.95. The number of aromatic amines is 1. The van der Waals surface area contributed by atoms with E-state index in [1.54, 1.807) is 60.0 Å². The minimum absolute atomic E-state index is 0.0208. The zero-order valence-corrected chi connectivity index (χ0v) is 50.5. The van der Waals surface area contributed by atoms with Crippen molar-refractivity contribution in [2.45, 2.75) is 146 Å². The molecule has 0 unspecified atom stereocenters. The van der Waals surface area contributed by atoms with Gasteiger partial charge in [0.2, 0.25) is 29.5 Å². The number of H-pyrrole nitrogens is 1. The molecule has 2 aromatic carbocycles. The molecular formula is C54H79N15O12S2Se. The number of rotatable bonds is 23. The number of aliphatic hydroxyl groups is 1. The molecule has 30 heteroatoms. The van der Waals surface area contributed by atoms with E-state index in [4.69, 9.17) is 22.9 Å². The molecule has 3 heterocycles. The number of unbranched alkanes of at least 4 members (excludes halogenated alkanes) is 1. The molecule has 0 aliphatic carbocycles. The van der Waals surface area contributed by atoms with Gasteiger partial charge in [-0.1, -0.05) is 32.0 Å². The molecule has 9 atom stereocenters. The first kappa shape index (κ1) is 67.8. The van der Waals surface area contributed by atoms with Crippen LogP contribution in [-0.4, -0.2) is 178 Å². The number of nitrogens with two attached hydrogens (primary N) is 4. The second-order valence-electron chi connectivity index (χ2n) is 20.7. The summed E-state index contributed by atoms with van der Waals surface area (Å²) in [6.45, 7) is 5.10. The average molecular weight is 1270 g/mol. The third-order valence-electron chi connectivity index (χ3n) is 13.5. The number of amides is 8. The summed E-state index contributed by atoms with van der Waals surface area (Å²) in [6.07, 6.45) is 0.473. The van der Waals surface area contributed by atoms with Crippen molar-refractivity contribution in [1.82, 2.24) is 51.1 Å². The fraction of sp³-hybridized carbons (Fsp3) is 0.537. The number of fused-ring (bicyclic) bond motifs is 2. The maximum atomic E-state index is 14.7. The van der Waals surface area contributed by atoms with Crippen LogP contribution < -0.4 is 71.0 Å². The SMILES string of the molecule is CC(C)C[C@H](NC(=O)[C@@H]1CSSC[C@H](NC(=O)CCCn2[se]c3ccccc3c2=O)C(=O)N[C@@H](CCN)C(=O)N[C@@H](CCCN=C(N)N)C(=O)N[C@@H](Cc2c[nH]c3ccccc23)C(=O)N[C@@H]([C@@H](C)O)C(=O)N[C@@H](CCCCN)C(=O)N1)C(=O)O. The van der Waals surface area contributed by atoms with E-state index in [1.165, 1.54) is 6.92 Å². The van der Waals surface area contributed by atoms with Gasteiger partial charge in [-0.05, 0) is 69.5 Å². The van der Waals surface area contributed by atoms with Crippen LogP contribution in [0.2, 0.25) is 0 Å². The molecule has 4 aromatic rings. The van der Waals surface area contributed by atoms with Crippen molar-refractivity contribution in [1.29, 1.82) is 0 Å². The summed E-state index contributed by atoms with van der Waals surface area (Å²) in [5.41, 5.74) is 24.1. The molecule has 19 N–H and O–H groups in total. The molecule has 1 aliphatic heterocycles. The number of carboxylic acids is 1. The first-order chi connectivity index (χ1) is 40.1. The molecule has 84 heavy (non-hydrogen) atoms. The number of aromatic nitrogens is 2. The summed E-state index contributed by atoms with van der Waals surface area (Å²) in [4.78, 5) is 147. The third-order valence-corrected chi connectivity index (χ3v) is 18.3. The number of carbonyl (C=O) groups is 9. The topological polar surface area (TPSA) is 445 Å². The fourth-order valence-electron chi connectivity index (χ4n) is 9.09. The van der Waals surface area contributed by atoms with E-state index < -0.39 is 108 Å². The standard InChI is InChI=1S/C54H79N15O12S2Se/c1-29(2)24-39(53(80)81)66-50(77)41-28-83-82-27-40(61-43(71)18-11-23-69-52(79)33-13-5-7-17-42(33)84-69)49(76)63-37(19-21-56)47(74)62-36(16-10-22-59-54(57)58)45(72)65-38(25-31-26-60-34-14-6-4-12-32(31)34)48(75)68-44(30(3)70)51(78)64-35(46(73)67-41)15-8-9-20-55/h4-7,12-14,17,26,29-30,35-41,44,60,70H,8-11,15-16,18-25,27-28,55-56H2,1-3H3,(H,61,71)(H,62,74)(H,63,76)(H,64,78)(H,65,72)(H,66,77)(H,67,73)(H,68,75)(H,80,81)(H4,57,58,59)/t30-,35+,36+,37+,38+,39+,40+,41+,44+/m1/s1. The van der Waals surface area contributed by atoms with Gasteiger partial charge in [0.15, 0.2) is 5.96 Å². The molecule has 460 valence electrons. The second kappa shape index (κ2) is 34.1. The van der Waals surface area contributed by atoms with E-state index >= 15 is 0 Å². The van der Waals surface area contributed by atoms with Crippen LogP contribution in [0.25, 0.3) is 20.5 Å². The molecule has 0 radical (unpaired) electrons. The zero-order valence-electron chi connectivity index (χ0n) is 47.2. The van der Waals surface area contributed by atoms with Crippen molar-refractivity contribution >= 4 is 116 Å². The van der Waals surface area contributed by atoms with Gasteiger partial charge in [0.25, 0.3) is 0 Å². The van der Waals surface area contributed by atoms with Gasteiger partial charge in [0.1, 0.15) is 30.2 Å². The molecule has 5 rings (SSSR count). The number of aliphatic imine (C=N–C) groups is 1. The Balaban J connectivity index is 1.55. The second-order valence-corrected chi connectivity index (χ2v) is 25.5. The van der Waals surface area contributed by atoms with Crippen LogP contribution in [0.3, 0.4) is 0 Å². The predicted molar refractivity (Wildman–Crippen MR) is 322 cm³/mol. The van der Waals surface area contributed by atoms with Crippen molar-refractivity contribution in [2.24, 2.45) is 33.8 Å².